The monoisotopic (exact) mass is 256 g/mol. The molecule has 18 heavy (non-hydrogen) atoms. The van der Waals surface area contributed by atoms with Gasteiger partial charge >= 0.3 is 0 Å². The van der Waals surface area contributed by atoms with Crippen molar-refractivity contribution in [3.63, 3.8) is 0 Å². The van der Waals surface area contributed by atoms with Crippen molar-refractivity contribution in [3.05, 3.63) is 63.7 Å². The Morgan fingerprint density at radius 3 is 3.06 bits per heavy atom. The molecule has 3 rings (SSSR count). The highest BCUT2D eigenvalue weighted by molar-refractivity contribution is 7.17. The number of pyridine rings is 2. The molecule has 0 radical (unpaired) electrons. The lowest BCUT2D eigenvalue weighted by Gasteiger charge is -2.06. The van der Waals surface area contributed by atoms with Crippen molar-refractivity contribution in [2.75, 3.05) is 0 Å². The Morgan fingerprint density at radius 1 is 1.33 bits per heavy atom. The topological polar surface area (TPSA) is 34.9 Å². The van der Waals surface area contributed by atoms with Crippen LogP contribution in [0.5, 0.6) is 0 Å². The van der Waals surface area contributed by atoms with E-state index in [0.717, 1.165) is 21.2 Å². The van der Waals surface area contributed by atoms with Gasteiger partial charge in [-0.25, -0.2) is 0 Å². The molecule has 0 spiro atoms. The van der Waals surface area contributed by atoms with Gasteiger partial charge in [-0.05, 0) is 35.6 Å². The average molecular weight is 256 g/mol. The molecule has 0 N–H and O–H groups in total. The van der Waals surface area contributed by atoms with E-state index in [1.54, 1.807) is 22.1 Å². The van der Waals surface area contributed by atoms with Gasteiger partial charge in [0.25, 0.3) is 5.56 Å². The quantitative estimate of drug-likeness (QED) is 0.706. The van der Waals surface area contributed by atoms with Crippen LogP contribution in [0.2, 0.25) is 0 Å². The van der Waals surface area contributed by atoms with Crippen LogP contribution in [0.25, 0.3) is 10.1 Å². The second-order valence-electron chi connectivity index (χ2n) is 4.32. The Bertz CT molecular complexity index is 758. The first kappa shape index (κ1) is 11.2. The average Bonchev–Trinajstić information content (AvgIpc) is 2.82. The van der Waals surface area contributed by atoms with Gasteiger partial charge in [0, 0.05) is 23.3 Å². The van der Waals surface area contributed by atoms with Gasteiger partial charge < -0.3 is 4.57 Å². The van der Waals surface area contributed by atoms with Crippen molar-refractivity contribution < 1.29 is 0 Å². The third-order valence-corrected chi connectivity index (χ3v) is 3.76. The molecule has 3 nitrogen and oxygen atoms in total. The summed E-state index contributed by atoms with van der Waals surface area (Å²) in [6.45, 7) is 2.57. The number of nitrogens with zero attached hydrogens (tertiary/aromatic N) is 2. The predicted octanol–water partition coefficient (Wildman–Crippen LogP) is 2.81. The van der Waals surface area contributed by atoms with Crippen molar-refractivity contribution in [2.45, 2.75) is 13.5 Å². The largest absolute Gasteiger partial charge is 0.310 e. The van der Waals surface area contributed by atoms with Gasteiger partial charge in [0.05, 0.1) is 11.9 Å². The lowest BCUT2D eigenvalue weighted by atomic mass is 10.2. The van der Waals surface area contributed by atoms with Gasteiger partial charge in [-0.1, -0.05) is 6.07 Å². The van der Waals surface area contributed by atoms with Crippen LogP contribution in [-0.4, -0.2) is 9.55 Å². The molecule has 0 aromatic carbocycles. The maximum atomic E-state index is 12.2. The summed E-state index contributed by atoms with van der Waals surface area (Å²) < 4.78 is 2.77. The molecule has 0 amide bonds. The molecular weight excluding hydrogens is 244 g/mol. The van der Waals surface area contributed by atoms with E-state index in [1.807, 2.05) is 36.8 Å². The number of thiophene rings is 1. The smallest absolute Gasteiger partial charge is 0.259 e. The number of rotatable bonds is 2. The normalized spacial score (nSPS) is 10.9. The summed E-state index contributed by atoms with van der Waals surface area (Å²) >= 11 is 1.59. The van der Waals surface area contributed by atoms with Crippen molar-refractivity contribution in [3.8, 4) is 0 Å². The summed E-state index contributed by atoms with van der Waals surface area (Å²) in [6.07, 6.45) is 5.47. The zero-order chi connectivity index (χ0) is 12.5. The van der Waals surface area contributed by atoms with Crippen LogP contribution in [0.3, 0.4) is 0 Å². The standard InChI is InChI=1S/C14H12N2OS/c1-10-6-11(8-15-7-10)9-16-4-2-13-12(14(16)17)3-5-18-13/h2-8H,9H2,1H3. The number of hydrogen-bond donors (Lipinski definition) is 0. The molecule has 0 saturated carbocycles. The maximum Gasteiger partial charge on any atom is 0.259 e. The molecule has 4 heteroatoms. The molecule has 3 heterocycles. The van der Waals surface area contributed by atoms with E-state index in [4.69, 9.17) is 0 Å². The Kier molecular flexibility index (Phi) is 2.72. The molecule has 3 aromatic rings. The van der Waals surface area contributed by atoms with Crippen LogP contribution in [0.4, 0.5) is 0 Å². The number of aryl methyl sites for hydroxylation is 1. The first-order valence-corrected chi connectivity index (χ1v) is 6.59. The first-order chi connectivity index (χ1) is 8.74. The molecule has 0 aliphatic heterocycles. The minimum Gasteiger partial charge on any atom is -0.310 e. The lowest BCUT2D eigenvalue weighted by Crippen LogP contribution is -2.19. The van der Waals surface area contributed by atoms with Gasteiger partial charge in [0.15, 0.2) is 0 Å². The van der Waals surface area contributed by atoms with E-state index in [-0.39, 0.29) is 5.56 Å². The van der Waals surface area contributed by atoms with Gasteiger partial charge in [-0.2, -0.15) is 0 Å². The summed E-state index contributed by atoms with van der Waals surface area (Å²) in [5, 5.41) is 2.74. The maximum absolute atomic E-state index is 12.2. The number of fused-ring (bicyclic) bond motifs is 1. The Labute approximate surface area is 108 Å². The SMILES string of the molecule is Cc1cncc(Cn2ccc3sccc3c2=O)c1. The number of hydrogen-bond acceptors (Lipinski definition) is 3. The van der Waals surface area contributed by atoms with Crippen LogP contribution in [-0.2, 0) is 6.54 Å². The molecule has 0 aliphatic carbocycles. The third kappa shape index (κ3) is 1.95. The van der Waals surface area contributed by atoms with Gasteiger partial charge in [-0.15, -0.1) is 11.3 Å². The molecule has 0 fully saturated rings. The zero-order valence-corrected chi connectivity index (χ0v) is 10.8. The summed E-state index contributed by atoms with van der Waals surface area (Å²) in [4.78, 5) is 16.4. The zero-order valence-electron chi connectivity index (χ0n) is 9.96. The molecule has 3 aromatic heterocycles. The summed E-state index contributed by atoms with van der Waals surface area (Å²) in [6, 6.07) is 5.93. The molecule has 0 unspecified atom stereocenters. The first-order valence-electron chi connectivity index (χ1n) is 5.71. The van der Waals surface area contributed by atoms with Crippen LogP contribution >= 0.6 is 11.3 Å². The molecule has 0 aliphatic rings. The summed E-state index contributed by atoms with van der Waals surface area (Å²) in [7, 11) is 0. The van der Waals surface area contributed by atoms with Crippen LogP contribution < -0.4 is 5.56 Å². The Hall–Kier alpha value is -1.94. The highest BCUT2D eigenvalue weighted by Crippen LogP contribution is 2.16. The lowest BCUT2D eigenvalue weighted by molar-refractivity contribution is 0.764. The minimum atomic E-state index is 0.0651. The van der Waals surface area contributed by atoms with Crippen LogP contribution in [0.1, 0.15) is 11.1 Å². The van der Waals surface area contributed by atoms with E-state index < -0.39 is 0 Å². The van der Waals surface area contributed by atoms with Gasteiger partial charge in [0.1, 0.15) is 0 Å². The summed E-state index contributed by atoms with van der Waals surface area (Å²) in [5.74, 6) is 0. The third-order valence-electron chi connectivity index (χ3n) is 2.88. The van der Waals surface area contributed by atoms with Crippen molar-refractivity contribution in [2.24, 2.45) is 0 Å². The molecule has 90 valence electrons. The Balaban J connectivity index is 2.05. The van der Waals surface area contributed by atoms with Crippen LogP contribution in [0.15, 0.2) is 47.0 Å². The van der Waals surface area contributed by atoms with Crippen molar-refractivity contribution in [1.29, 1.82) is 0 Å². The fraction of sp³-hybridized carbons (Fsp3) is 0.143. The van der Waals surface area contributed by atoms with E-state index in [2.05, 4.69) is 11.1 Å². The second kappa shape index (κ2) is 4.38. The summed E-state index contributed by atoms with van der Waals surface area (Å²) in [5.41, 5.74) is 2.22. The van der Waals surface area contributed by atoms with Crippen molar-refractivity contribution in [1.82, 2.24) is 9.55 Å². The number of aromatic nitrogens is 2. The Morgan fingerprint density at radius 2 is 2.22 bits per heavy atom. The van der Waals surface area contributed by atoms with Crippen molar-refractivity contribution >= 4 is 21.4 Å². The fourth-order valence-electron chi connectivity index (χ4n) is 2.03. The molecular formula is C14H12N2OS. The second-order valence-corrected chi connectivity index (χ2v) is 5.27. The minimum absolute atomic E-state index is 0.0651. The predicted molar refractivity (Wildman–Crippen MR) is 74.2 cm³/mol. The molecule has 0 atom stereocenters. The van der Waals surface area contributed by atoms with Gasteiger partial charge in [0.2, 0.25) is 0 Å². The van der Waals surface area contributed by atoms with E-state index in [9.17, 15) is 4.79 Å². The van der Waals surface area contributed by atoms with E-state index >= 15 is 0 Å². The molecule has 0 bridgehead atoms. The fourth-order valence-corrected chi connectivity index (χ4v) is 2.80. The highest BCUT2D eigenvalue weighted by atomic mass is 32.1. The van der Waals surface area contributed by atoms with E-state index in [0.29, 0.717) is 6.54 Å². The molecule has 0 saturated heterocycles. The van der Waals surface area contributed by atoms with Crippen LogP contribution in [0, 0.1) is 6.92 Å². The highest BCUT2D eigenvalue weighted by Gasteiger charge is 2.04. The van der Waals surface area contributed by atoms with Gasteiger partial charge in [-0.3, -0.25) is 9.78 Å². The van der Waals surface area contributed by atoms with E-state index in [1.165, 1.54) is 0 Å².